The Bertz CT molecular complexity index is 381. The topological polar surface area (TPSA) is 15.3 Å². The van der Waals surface area contributed by atoms with E-state index in [2.05, 4.69) is 50.0 Å². The summed E-state index contributed by atoms with van der Waals surface area (Å²) >= 11 is 0. The van der Waals surface area contributed by atoms with Gasteiger partial charge in [-0.3, -0.25) is 4.90 Å². The van der Waals surface area contributed by atoms with Gasteiger partial charge in [0.15, 0.2) is 0 Å². The monoisotopic (exact) mass is 246 g/mol. The van der Waals surface area contributed by atoms with Gasteiger partial charge >= 0.3 is 0 Å². The first-order valence-electron chi connectivity index (χ1n) is 7.12. The SMILES string of the molecule is Cc1cc(C)c(C(C)N2CCCNCC2)c(C)c1. The Morgan fingerprint density at radius 2 is 1.72 bits per heavy atom. The molecule has 0 bridgehead atoms. The molecule has 1 fully saturated rings. The molecule has 0 aromatic heterocycles. The lowest BCUT2D eigenvalue weighted by molar-refractivity contribution is 0.224. The Labute approximate surface area is 111 Å². The first-order chi connectivity index (χ1) is 8.59. The van der Waals surface area contributed by atoms with Crippen LogP contribution in [0.3, 0.4) is 0 Å². The van der Waals surface area contributed by atoms with E-state index in [1.807, 2.05) is 0 Å². The number of nitrogens with zero attached hydrogens (tertiary/aromatic N) is 1. The zero-order valence-electron chi connectivity index (χ0n) is 12.2. The zero-order valence-corrected chi connectivity index (χ0v) is 12.2. The highest BCUT2D eigenvalue weighted by atomic mass is 15.2. The molecule has 1 aromatic rings. The summed E-state index contributed by atoms with van der Waals surface area (Å²) in [5.74, 6) is 0. The average molecular weight is 246 g/mol. The summed E-state index contributed by atoms with van der Waals surface area (Å²) in [7, 11) is 0. The highest BCUT2D eigenvalue weighted by Gasteiger charge is 2.20. The minimum Gasteiger partial charge on any atom is -0.315 e. The van der Waals surface area contributed by atoms with Gasteiger partial charge in [0, 0.05) is 19.1 Å². The van der Waals surface area contributed by atoms with Crippen LogP contribution < -0.4 is 5.32 Å². The maximum atomic E-state index is 3.48. The van der Waals surface area contributed by atoms with Crippen LogP contribution >= 0.6 is 0 Å². The molecule has 100 valence electrons. The molecule has 1 N–H and O–H groups in total. The van der Waals surface area contributed by atoms with E-state index in [1.54, 1.807) is 0 Å². The minimum atomic E-state index is 0.533. The minimum absolute atomic E-state index is 0.533. The summed E-state index contributed by atoms with van der Waals surface area (Å²) < 4.78 is 0. The van der Waals surface area contributed by atoms with Crippen molar-refractivity contribution < 1.29 is 0 Å². The van der Waals surface area contributed by atoms with Crippen molar-refractivity contribution in [1.29, 1.82) is 0 Å². The number of hydrogen-bond donors (Lipinski definition) is 1. The molecule has 1 aliphatic heterocycles. The Morgan fingerprint density at radius 3 is 2.39 bits per heavy atom. The summed E-state index contributed by atoms with van der Waals surface area (Å²) in [5.41, 5.74) is 5.79. The van der Waals surface area contributed by atoms with Crippen LogP contribution in [0.25, 0.3) is 0 Å². The molecule has 0 spiro atoms. The van der Waals surface area contributed by atoms with Crippen molar-refractivity contribution in [3.8, 4) is 0 Å². The van der Waals surface area contributed by atoms with Gasteiger partial charge in [-0.05, 0) is 63.9 Å². The predicted octanol–water partition coefficient (Wildman–Crippen LogP) is 2.97. The molecule has 1 aliphatic rings. The molecule has 0 amide bonds. The van der Waals surface area contributed by atoms with Crippen molar-refractivity contribution in [2.24, 2.45) is 0 Å². The molecule has 2 heteroatoms. The largest absolute Gasteiger partial charge is 0.315 e. The number of nitrogens with one attached hydrogen (secondary N) is 1. The van der Waals surface area contributed by atoms with E-state index in [9.17, 15) is 0 Å². The van der Waals surface area contributed by atoms with Crippen LogP contribution in [-0.2, 0) is 0 Å². The molecule has 0 aliphatic carbocycles. The summed E-state index contributed by atoms with van der Waals surface area (Å²) in [6.07, 6.45) is 1.26. The molecule has 18 heavy (non-hydrogen) atoms. The maximum Gasteiger partial charge on any atom is 0.0325 e. The molecule has 0 saturated carbocycles. The normalized spacial score (nSPS) is 19.6. The quantitative estimate of drug-likeness (QED) is 0.863. The average Bonchev–Trinajstić information content (AvgIpc) is 2.55. The number of hydrogen-bond acceptors (Lipinski definition) is 2. The van der Waals surface area contributed by atoms with Crippen LogP contribution in [0, 0.1) is 20.8 Å². The molecule has 1 saturated heterocycles. The highest BCUT2D eigenvalue weighted by molar-refractivity contribution is 5.39. The lowest BCUT2D eigenvalue weighted by Crippen LogP contribution is -2.31. The first-order valence-corrected chi connectivity index (χ1v) is 7.12. The van der Waals surface area contributed by atoms with E-state index < -0.39 is 0 Å². The lowest BCUT2D eigenvalue weighted by atomic mass is 9.94. The number of benzene rings is 1. The van der Waals surface area contributed by atoms with Crippen molar-refractivity contribution in [2.75, 3.05) is 26.2 Å². The van der Waals surface area contributed by atoms with Crippen LogP contribution in [0.2, 0.25) is 0 Å². The fourth-order valence-corrected chi connectivity index (χ4v) is 3.29. The molecular formula is C16H26N2. The highest BCUT2D eigenvalue weighted by Crippen LogP contribution is 2.28. The third kappa shape index (κ3) is 2.93. The van der Waals surface area contributed by atoms with Crippen molar-refractivity contribution in [3.05, 3.63) is 34.4 Å². The van der Waals surface area contributed by atoms with Crippen LogP contribution in [-0.4, -0.2) is 31.1 Å². The predicted molar refractivity (Wildman–Crippen MR) is 78.1 cm³/mol. The van der Waals surface area contributed by atoms with Gasteiger partial charge in [0.2, 0.25) is 0 Å². The fourth-order valence-electron chi connectivity index (χ4n) is 3.29. The number of aryl methyl sites for hydroxylation is 3. The standard InChI is InChI=1S/C16H26N2/c1-12-10-13(2)16(14(3)11-12)15(4)18-8-5-6-17-7-9-18/h10-11,15,17H,5-9H2,1-4H3. The zero-order chi connectivity index (χ0) is 13.1. The molecular weight excluding hydrogens is 220 g/mol. The van der Waals surface area contributed by atoms with Crippen molar-refractivity contribution in [3.63, 3.8) is 0 Å². The Balaban J connectivity index is 2.24. The summed E-state index contributed by atoms with van der Waals surface area (Å²) in [6.45, 7) is 13.7. The molecule has 0 radical (unpaired) electrons. The molecule has 2 rings (SSSR count). The van der Waals surface area contributed by atoms with Crippen molar-refractivity contribution in [2.45, 2.75) is 40.2 Å². The second kappa shape index (κ2) is 5.85. The molecule has 2 nitrogen and oxygen atoms in total. The van der Waals surface area contributed by atoms with Crippen LogP contribution in [0.1, 0.15) is 41.6 Å². The molecule has 1 aromatic carbocycles. The van der Waals surface area contributed by atoms with Gasteiger partial charge in [-0.2, -0.15) is 0 Å². The van der Waals surface area contributed by atoms with E-state index in [0.29, 0.717) is 6.04 Å². The number of rotatable bonds is 2. The summed E-state index contributed by atoms with van der Waals surface area (Å²) in [5, 5.41) is 3.48. The Morgan fingerprint density at radius 1 is 1.06 bits per heavy atom. The van der Waals surface area contributed by atoms with Gasteiger partial charge in [-0.25, -0.2) is 0 Å². The van der Waals surface area contributed by atoms with Crippen LogP contribution in [0.15, 0.2) is 12.1 Å². The van der Waals surface area contributed by atoms with E-state index in [-0.39, 0.29) is 0 Å². The van der Waals surface area contributed by atoms with Crippen LogP contribution in [0.4, 0.5) is 0 Å². The maximum absolute atomic E-state index is 3.48. The van der Waals surface area contributed by atoms with Gasteiger partial charge in [0.05, 0.1) is 0 Å². The van der Waals surface area contributed by atoms with Gasteiger partial charge in [-0.1, -0.05) is 17.7 Å². The molecule has 1 atom stereocenters. The van der Waals surface area contributed by atoms with Gasteiger partial charge in [-0.15, -0.1) is 0 Å². The third-order valence-corrected chi connectivity index (χ3v) is 4.08. The lowest BCUT2D eigenvalue weighted by Gasteiger charge is -2.30. The van der Waals surface area contributed by atoms with E-state index in [4.69, 9.17) is 0 Å². The van der Waals surface area contributed by atoms with Gasteiger partial charge in [0.1, 0.15) is 0 Å². The summed E-state index contributed by atoms with van der Waals surface area (Å²) in [4.78, 5) is 2.62. The van der Waals surface area contributed by atoms with Gasteiger partial charge in [0.25, 0.3) is 0 Å². The van der Waals surface area contributed by atoms with E-state index in [1.165, 1.54) is 35.2 Å². The Hall–Kier alpha value is -0.860. The third-order valence-electron chi connectivity index (χ3n) is 4.08. The van der Waals surface area contributed by atoms with E-state index >= 15 is 0 Å². The molecule has 1 unspecified atom stereocenters. The molecule has 1 heterocycles. The fraction of sp³-hybridized carbons (Fsp3) is 0.625. The first kappa shape index (κ1) is 13.6. The van der Waals surface area contributed by atoms with Crippen molar-refractivity contribution in [1.82, 2.24) is 10.2 Å². The second-order valence-electron chi connectivity index (χ2n) is 5.63. The van der Waals surface area contributed by atoms with Gasteiger partial charge < -0.3 is 5.32 Å². The van der Waals surface area contributed by atoms with E-state index in [0.717, 1.165) is 19.6 Å². The van der Waals surface area contributed by atoms with Crippen molar-refractivity contribution >= 4 is 0 Å². The second-order valence-corrected chi connectivity index (χ2v) is 5.63. The smallest absolute Gasteiger partial charge is 0.0325 e. The Kier molecular flexibility index (Phi) is 4.41. The summed E-state index contributed by atoms with van der Waals surface area (Å²) in [6, 6.07) is 5.16. The van der Waals surface area contributed by atoms with Crippen LogP contribution in [0.5, 0.6) is 0 Å².